The number of carbonyl (C=O) groups is 1. The van der Waals surface area contributed by atoms with Gasteiger partial charge in [-0.2, -0.15) is 0 Å². The largest absolute Gasteiger partial charge is 0.299 e. The molecule has 1 N–H and O–H groups in total. The lowest BCUT2D eigenvalue weighted by molar-refractivity contribution is -0.114. The molecule has 34 heavy (non-hydrogen) atoms. The molecule has 0 bridgehead atoms. The van der Waals surface area contributed by atoms with E-state index in [2.05, 4.69) is 15.5 Å². The maximum Gasteiger partial charge on any atom is 0.264 e. The monoisotopic (exact) mass is 512 g/mol. The first kappa shape index (κ1) is 23.9. The van der Waals surface area contributed by atoms with Crippen molar-refractivity contribution < 1.29 is 13.2 Å². The van der Waals surface area contributed by atoms with Gasteiger partial charge >= 0.3 is 0 Å². The Bertz CT molecular complexity index is 1420. The van der Waals surface area contributed by atoms with E-state index in [1.807, 2.05) is 37.3 Å². The third-order valence-electron chi connectivity index (χ3n) is 5.02. The molecule has 0 spiro atoms. The second-order valence-corrected chi connectivity index (χ2v) is 10.9. The maximum absolute atomic E-state index is 13.5. The Kier molecular flexibility index (Phi) is 6.97. The van der Waals surface area contributed by atoms with Gasteiger partial charge in [0.25, 0.3) is 10.0 Å². The molecule has 0 saturated carbocycles. The third-order valence-corrected chi connectivity index (χ3v) is 7.91. The molecule has 0 aliphatic rings. The number of rotatable bonds is 7. The molecule has 4 rings (SSSR count). The van der Waals surface area contributed by atoms with E-state index in [1.165, 1.54) is 23.5 Å². The van der Waals surface area contributed by atoms with Crippen LogP contribution in [-0.4, -0.2) is 31.1 Å². The Morgan fingerprint density at radius 2 is 1.71 bits per heavy atom. The minimum atomic E-state index is -4.03. The quantitative estimate of drug-likeness (QED) is 0.362. The fourth-order valence-electron chi connectivity index (χ4n) is 3.30. The van der Waals surface area contributed by atoms with Gasteiger partial charge in [-0.1, -0.05) is 71.0 Å². The highest BCUT2D eigenvalue weighted by Crippen LogP contribution is 2.30. The number of amides is 1. The normalized spacial score (nSPS) is 11.3. The topological polar surface area (TPSA) is 92.3 Å². The number of halogens is 1. The average Bonchev–Trinajstić information content (AvgIpc) is 3.27. The zero-order valence-corrected chi connectivity index (χ0v) is 20.8. The first-order valence-corrected chi connectivity index (χ1v) is 12.9. The van der Waals surface area contributed by atoms with Crippen LogP contribution in [0.3, 0.4) is 0 Å². The van der Waals surface area contributed by atoms with Gasteiger partial charge in [-0.3, -0.25) is 14.4 Å². The second-order valence-electron chi connectivity index (χ2n) is 7.58. The summed E-state index contributed by atoms with van der Waals surface area (Å²) < 4.78 is 28.2. The Morgan fingerprint density at radius 3 is 2.38 bits per heavy atom. The Morgan fingerprint density at radius 1 is 1.00 bits per heavy atom. The number of hydrogen-bond acceptors (Lipinski definition) is 6. The Hall–Kier alpha value is -3.27. The lowest BCUT2D eigenvalue weighted by atomic mass is 10.2. The highest BCUT2D eigenvalue weighted by molar-refractivity contribution is 7.92. The summed E-state index contributed by atoms with van der Waals surface area (Å²) in [6.07, 6.45) is 0. The SMILES string of the molecule is Cc1ccc(S(=O)(=O)N(CC(=O)Nc2nnc(-c3ccccc3)s2)c2ccc(Cl)cc2C)cc1. The van der Waals surface area contributed by atoms with E-state index in [-0.39, 0.29) is 10.0 Å². The molecule has 1 amide bonds. The number of sulfonamides is 1. The molecule has 1 heterocycles. The molecule has 7 nitrogen and oxygen atoms in total. The van der Waals surface area contributed by atoms with E-state index in [0.29, 0.717) is 21.3 Å². The van der Waals surface area contributed by atoms with Gasteiger partial charge in [0.05, 0.1) is 10.6 Å². The molecule has 0 atom stereocenters. The van der Waals surface area contributed by atoms with E-state index >= 15 is 0 Å². The van der Waals surface area contributed by atoms with Crippen molar-refractivity contribution >= 4 is 49.7 Å². The molecule has 0 aliphatic carbocycles. The number of aryl methyl sites for hydroxylation is 2. The standard InChI is InChI=1S/C24H21ClN4O3S2/c1-16-8-11-20(12-9-16)34(31,32)29(21-13-10-19(25)14-17(21)2)15-22(30)26-24-28-27-23(33-24)18-6-4-3-5-7-18/h3-14H,15H2,1-2H3,(H,26,28,30). The summed E-state index contributed by atoms with van der Waals surface area (Å²) in [4.78, 5) is 13.0. The molecule has 0 radical (unpaired) electrons. The van der Waals surface area contributed by atoms with Crippen molar-refractivity contribution in [2.75, 3.05) is 16.2 Å². The molecule has 0 unspecified atom stereocenters. The zero-order valence-electron chi connectivity index (χ0n) is 18.4. The highest BCUT2D eigenvalue weighted by atomic mass is 35.5. The molecule has 10 heteroatoms. The van der Waals surface area contributed by atoms with Gasteiger partial charge < -0.3 is 0 Å². The summed E-state index contributed by atoms with van der Waals surface area (Å²) in [5, 5.41) is 12.2. The Balaban J connectivity index is 1.62. The predicted molar refractivity (Wildman–Crippen MR) is 136 cm³/mol. The lowest BCUT2D eigenvalue weighted by Gasteiger charge is -2.25. The van der Waals surface area contributed by atoms with Crippen molar-refractivity contribution in [2.24, 2.45) is 0 Å². The van der Waals surface area contributed by atoms with E-state index in [9.17, 15) is 13.2 Å². The van der Waals surface area contributed by atoms with Gasteiger partial charge in [0.15, 0.2) is 0 Å². The molecule has 1 aromatic heterocycles. The predicted octanol–water partition coefficient (Wildman–Crippen LogP) is 5.31. The molecule has 0 fully saturated rings. The molecule has 4 aromatic rings. The number of nitrogens with zero attached hydrogens (tertiary/aromatic N) is 3. The Labute approximate surface area is 207 Å². The van der Waals surface area contributed by atoms with Crippen LogP contribution in [0.5, 0.6) is 0 Å². The van der Waals surface area contributed by atoms with Gasteiger partial charge in [0.2, 0.25) is 11.0 Å². The number of hydrogen-bond donors (Lipinski definition) is 1. The van der Waals surface area contributed by atoms with Crippen molar-refractivity contribution in [3.63, 3.8) is 0 Å². The van der Waals surface area contributed by atoms with Crippen molar-refractivity contribution in [1.82, 2.24) is 10.2 Å². The number of aromatic nitrogens is 2. The smallest absolute Gasteiger partial charge is 0.264 e. The number of carbonyl (C=O) groups excluding carboxylic acids is 1. The average molecular weight is 513 g/mol. The zero-order chi connectivity index (χ0) is 24.3. The summed E-state index contributed by atoms with van der Waals surface area (Å²) in [5.74, 6) is -0.541. The van der Waals surface area contributed by atoms with Crippen molar-refractivity contribution in [3.05, 3.63) is 88.9 Å². The van der Waals surface area contributed by atoms with Crippen molar-refractivity contribution in [1.29, 1.82) is 0 Å². The van der Waals surface area contributed by atoms with Crippen LogP contribution in [0, 0.1) is 13.8 Å². The summed E-state index contributed by atoms with van der Waals surface area (Å²) >= 11 is 7.28. The fraction of sp³-hybridized carbons (Fsp3) is 0.125. The highest BCUT2D eigenvalue weighted by Gasteiger charge is 2.28. The van der Waals surface area contributed by atoms with E-state index < -0.39 is 22.5 Å². The van der Waals surface area contributed by atoms with Gasteiger partial charge in [0, 0.05) is 10.6 Å². The molecule has 174 valence electrons. The van der Waals surface area contributed by atoms with Gasteiger partial charge in [0.1, 0.15) is 11.6 Å². The van der Waals surface area contributed by atoms with Crippen LogP contribution in [0.4, 0.5) is 10.8 Å². The van der Waals surface area contributed by atoms with Crippen LogP contribution in [-0.2, 0) is 14.8 Å². The molecular weight excluding hydrogens is 492 g/mol. The minimum absolute atomic E-state index is 0.0857. The van der Waals surface area contributed by atoms with Crippen LogP contribution in [0.15, 0.2) is 77.7 Å². The van der Waals surface area contributed by atoms with E-state index in [4.69, 9.17) is 11.6 Å². The molecular formula is C24H21ClN4O3S2. The number of nitrogens with one attached hydrogen (secondary N) is 1. The maximum atomic E-state index is 13.5. The second kappa shape index (κ2) is 9.92. The van der Waals surface area contributed by atoms with Crippen LogP contribution < -0.4 is 9.62 Å². The van der Waals surface area contributed by atoms with Gasteiger partial charge in [-0.05, 0) is 49.7 Å². The van der Waals surface area contributed by atoms with Gasteiger partial charge in [-0.15, -0.1) is 10.2 Å². The van der Waals surface area contributed by atoms with Crippen LogP contribution in [0.25, 0.3) is 10.6 Å². The summed E-state index contributed by atoms with van der Waals surface area (Å²) in [6.45, 7) is 3.17. The van der Waals surface area contributed by atoms with Crippen LogP contribution >= 0.6 is 22.9 Å². The van der Waals surface area contributed by atoms with Crippen LogP contribution in [0.2, 0.25) is 5.02 Å². The third kappa shape index (κ3) is 5.27. The fourth-order valence-corrected chi connectivity index (χ4v) is 5.77. The molecule has 0 saturated heterocycles. The van der Waals surface area contributed by atoms with E-state index in [0.717, 1.165) is 15.4 Å². The number of anilines is 2. The lowest BCUT2D eigenvalue weighted by Crippen LogP contribution is -2.38. The summed E-state index contributed by atoms with van der Waals surface area (Å²) in [6, 6.07) is 20.8. The van der Waals surface area contributed by atoms with Crippen molar-refractivity contribution in [2.45, 2.75) is 18.7 Å². The summed E-state index contributed by atoms with van der Waals surface area (Å²) in [5.41, 5.74) is 2.79. The molecule has 0 aliphatic heterocycles. The van der Waals surface area contributed by atoms with Crippen molar-refractivity contribution in [3.8, 4) is 10.6 Å². The first-order valence-electron chi connectivity index (χ1n) is 10.3. The molecule has 3 aromatic carbocycles. The van der Waals surface area contributed by atoms with Crippen LogP contribution in [0.1, 0.15) is 11.1 Å². The first-order chi connectivity index (χ1) is 16.2. The number of benzene rings is 3. The van der Waals surface area contributed by atoms with E-state index in [1.54, 1.807) is 37.3 Å². The van der Waals surface area contributed by atoms with Gasteiger partial charge in [-0.25, -0.2) is 8.42 Å². The summed E-state index contributed by atoms with van der Waals surface area (Å²) in [7, 11) is -4.03. The minimum Gasteiger partial charge on any atom is -0.299 e.